The molecule has 0 unspecified atom stereocenters. The lowest BCUT2D eigenvalue weighted by Crippen LogP contribution is -2.13. The molecular formula is C12H25NO2. The number of aliphatic carboxylic acids is 1. The molecule has 0 spiro atoms. The lowest BCUT2D eigenvalue weighted by Gasteiger charge is -2.02. The minimum absolute atomic E-state index is 0.334. The Morgan fingerprint density at radius 3 is 2.07 bits per heavy atom. The largest absolute Gasteiger partial charge is 0.481 e. The lowest BCUT2D eigenvalue weighted by molar-refractivity contribution is -0.137. The molecule has 15 heavy (non-hydrogen) atoms. The first-order chi connectivity index (χ1) is 7.27. The summed E-state index contributed by atoms with van der Waals surface area (Å²) in [6.07, 6.45) is 8.54. The van der Waals surface area contributed by atoms with Gasteiger partial charge >= 0.3 is 5.97 Å². The fourth-order valence-electron chi connectivity index (χ4n) is 1.59. The van der Waals surface area contributed by atoms with Crippen molar-refractivity contribution in [2.75, 3.05) is 13.1 Å². The quantitative estimate of drug-likeness (QED) is 0.521. The van der Waals surface area contributed by atoms with Crippen LogP contribution in [0.25, 0.3) is 0 Å². The van der Waals surface area contributed by atoms with Gasteiger partial charge in [-0.3, -0.25) is 4.79 Å². The second-order valence-electron chi connectivity index (χ2n) is 3.97. The summed E-state index contributed by atoms with van der Waals surface area (Å²) in [5, 5.41) is 11.7. The van der Waals surface area contributed by atoms with Crippen LogP contribution in [0.2, 0.25) is 0 Å². The molecule has 0 saturated carbocycles. The number of rotatable bonds is 11. The van der Waals surface area contributed by atoms with E-state index in [0.29, 0.717) is 6.42 Å². The molecule has 0 saturated heterocycles. The summed E-state index contributed by atoms with van der Waals surface area (Å²) in [5.41, 5.74) is 0. The molecule has 0 aliphatic rings. The zero-order valence-corrected chi connectivity index (χ0v) is 9.93. The molecule has 0 fully saturated rings. The Hall–Kier alpha value is -0.570. The number of carbonyl (C=O) groups is 1. The highest BCUT2D eigenvalue weighted by atomic mass is 16.4. The van der Waals surface area contributed by atoms with Crippen molar-refractivity contribution in [3.63, 3.8) is 0 Å². The van der Waals surface area contributed by atoms with Crippen LogP contribution in [-0.2, 0) is 4.79 Å². The molecule has 0 amide bonds. The molecule has 0 bridgehead atoms. The highest BCUT2D eigenvalue weighted by Gasteiger charge is 1.96. The van der Waals surface area contributed by atoms with Crippen molar-refractivity contribution >= 4 is 5.97 Å². The molecule has 0 aromatic rings. The lowest BCUT2D eigenvalue weighted by atomic mass is 10.1. The third-order valence-electron chi connectivity index (χ3n) is 2.49. The SMILES string of the molecule is CCNCCCCCCCCCC(=O)O. The van der Waals surface area contributed by atoms with E-state index >= 15 is 0 Å². The van der Waals surface area contributed by atoms with E-state index in [0.717, 1.165) is 25.9 Å². The Balaban J connectivity index is 2.89. The monoisotopic (exact) mass is 215 g/mol. The van der Waals surface area contributed by atoms with Gasteiger partial charge in [-0.05, 0) is 25.9 Å². The molecule has 0 aliphatic heterocycles. The molecule has 0 aromatic heterocycles. The molecule has 0 aliphatic carbocycles. The number of hydrogen-bond acceptors (Lipinski definition) is 2. The van der Waals surface area contributed by atoms with E-state index in [9.17, 15) is 4.79 Å². The normalized spacial score (nSPS) is 10.5. The summed E-state index contributed by atoms with van der Waals surface area (Å²) in [6, 6.07) is 0. The summed E-state index contributed by atoms with van der Waals surface area (Å²) >= 11 is 0. The molecule has 3 nitrogen and oxygen atoms in total. The van der Waals surface area contributed by atoms with Gasteiger partial charge in [0.25, 0.3) is 0 Å². The van der Waals surface area contributed by atoms with Crippen LogP contribution in [0.3, 0.4) is 0 Å². The van der Waals surface area contributed by atoms with Crippen LogP contribution in [0.5, 0.6) is 0 Å². The molecule has 0 radical (unpaired) electrons. The van der Waals surface area contributed by atoms with E-state index in [1.807, 2.05) is 0 Å². The van der Waals surface area contributed by atoms with E-state index in [-0.39, 0.29) is 0 Å². The molecular weight excluding hydrogens is 190 g/mol. The van der Waals surface area contributed by atoms with Gasteiger partial charge in [-0.2, -0.15) is 0 Å². The van der Waals surface area contributed by atoms with Crippen molar-refractivity contribution in [3.05, 3.63) is 0 Å². The van der Waals surface area contributed by atoms with Crippen LogP contribution in [-0.4, -0.2) is 24.2 Å². The van der Waals surface area contributed by atoms with E-state index in [4.69, 9.17) is 5.11 Å². The van der Waals surface area contributed by atoms with Gasteiger partial charge in [0.05, 0.1) is 0 Å². The predicted molar refractivity (Wildman–Crippen MR) is 63.1 cm³/mol. The van der Waals surface area contributed by atoms with Crippen molar-refractivity contribution in [3.8, 4) is 0 Å². The molecule has 0 heterocycles. The molecule has 90 valence electrons. The fourth-order valence-corrected chi connectivity index (χ4v) is 1.59. The molecule has 0 aromatic carbocycles. The minimum Gasteiger partial charge on any atom is -0.481 e. The highest BCUT2D eigenvalue weighted by Crippen LogP contribution is 2.08. The maximum absolute atomic E-state index is 10.2. The zero-order chi connectivity index (χ0) is 11.4. The summed E-state index contributed by atoms with van der Waals surface area (Å²) in [4.78, 5) is 10.2. The summed E-state index contributed by atoms with van der Waals surface area (Å²) in [5.74, 6) is -0.666. The van der Waals surface area contributed by atoms with Crippen molar-refractivity contribution in [2.24, 2.45) is 0 Å². The molecule has 0 rings (SSSR count). The van der Waals surface area contributed by atoms with Gasteiger partial charge in [0.15, 0.2) is 0 Å². The molecule has 2 N–H and O–H groups in total. The van der Waals surface area contributed by atoms with Crippen LogP contribution < -0.4 is 5.32 Å². The highest BCUT2D eigenvalue weighted by molar-refractivity contribution is 5.66. The fraction of sp³-hybridized carbons (Fsp3) is 0.917. The van der Waals surface area contributed by atoms with Crippen LogP contribution >= 0.6 is 0 Å². The number of carboxylic acid groups (broad SMARTS) is 1. The van der Waals surface area contributed by atoms with Crippen molar-refractivity contribution < 1.29 is 9.90 Å². The van der Waals surface area contributed by atoms with E-state index in [2.05, 4.69) is 12.2 Å². The summed E-state index contributed by atoms with van der Waals surface area (Å²) in [7, 11) is 0. The Morgan fingerprint density at radius 1 is 1.00 bits per heavy atom. The maximum atomic E-state index is 10.2. The number of carboxylic acids is 1. The number of nitrogens with one attached hydrogen (secondary N) is 1. The third kappa shape index (κ3) is 13.4. The first-order valence-electron chi connectivity index (χ1n) is 6.20. The van der Waals surface area contributed by atoms with Gasteiger partial charge in [0.2, 0.25) is 0 Å². The number of unbranched alkanes of at least 4 members (excludes halogenated alkanes) is 6. The topological polar surface area (TPSA) is 49.3 Å². The van der Waals surface area contributed by atoms with Gasteiger partial charge in [-0.25, -0.2) is 0 Å². The van der Waals surface area contributed by atoms with E-state index in [1.165, 1.54) is 32.1 Å². The van der Waals surface area contributed by atoms with Crippen molar-refractivity contribution in [1.29, 1.82) is 0 Å². The summed E-state index contributed by atoms with van der Waals surface area (Å²) in [6.45, 7) is 4.33. The van der Waals surface area contributed by atoms with Gasteiger partial charge in [0.1, 0.15) is 0 Å². The predicted octanol–water partition coefficient (Wildman–Crippen LogP) is 2.80. The Morgan fingerprint density at radius 2 is 1.53 bits per heavy atom. The van der Waals surface area contributed by atoms with Gasteiger partial charge in [0, 0.05) is 6.42 Å². The second-order valence-corrected chi connectivity index (χ2v) is 3.97. The van der Waals surface area contributed by atoms with Crippen LogP contribution in [0.4, 0.5) is 0 Å². The van der Waals surface area contributed by atoms with Crippen LogP contribution in [0.1, 0.15) is 58.3 Å². The third-order valence-corrected chi connectivity index (χ3v) is 2.49. The average Bonchev–Trinajstić information content (AvgIpc) is 2.20. The Labute approximate surface area is 93.3 Å². The standard InChI is InChI=1S/C12H25NO2/c1-2-13-11-9-7-5-3-4-6-8-10-12(14)15/h13H,2-11H2,1H3,(H,14,15). The summed E-state index contributed by atoms with van der Waals surface area (Å²) < 4.78 is 0. The maximum Gasteiger partial charge on any atom is 0.303 e. The Kier molecular flexibility index (Phi) is 11.1. The molecule has 0 atom stereocenters. The van der Waals surface area contributed by atoms with E-state index < -0.39 is 5.97 Å². The van der Waals surface area contributed by atoms with E-state index in [1.54, 1.807) is 0 Å². The minimum atomic E-state index is -0.666. The average molecular weight is 215 g/mol. The first-order valence-corrected chi connectivity index (χ1v) is 6.20. The first kappa shape index (κ1) is 14.4. The van der Waals surface area contributed by atoms with Crippen molar-refractivity contribution in [1.82, 2.24) is 5.32 Å². The zero-order valence-electron chi connectivity index (χ0n) is 9.93. The Bertz CT molecular complexity index is 149. The number of hydrogen-bond donors (Lipinski definition) is 2. The van der Waals surface area contributed by atoms with Crippen molar-refractivity contribution in [2.45, 2.75) is 58.3 Å². The van der Waals surface area contributed by atoms with Gasteiger partial charge in [-0.1, -0.05) is 39.0 Å². The molecule has 3 heteroatoms. The smallest absolute Gasteiger partial charge is 0.303 e. The van der Waals surface area contributed by atoms with Gasteiger partial charge in [-0.15, -0.1) is 0 Å². The van der Waals surface area contributed by atoms with Crippen LogP contribution in [0, 0.1) is 0 Å². The van der Waals surface area contributed by atoms with Gasteiger partial charge < -0.3 is 10.4 Å². The van der Waals surface area contributed by atoms with Crippen LogP contribution in [0.15, 0.2) is 0 Å². The second kappa shape index (κ2) is 11.5.